The lowest BCUT2D eigenvalue weighted by atomic mass is 10.1. The number of anilines is 1. The quantitative estimate of drug-likeness (QED) is 0.255. The minimum absolute atomic E-state index is 0.142. The number of nitrogens with one attached hydrogen (secondary N) is 1. The van der Waals surface area contributed by atoms with Crippen LogP contribution in [0, 0.1) is 6.92 Å². The highest BCUT2D eigenvalue weighted by molar-refractivity contribution is 8.00. The number of rotatable bonds is 9. The van der Waals surface area contributed by atoms with Gasteiger partial charge in [0, 0.05) is 28.3 Å². The molecule has 6 nitrogen and oxygen atoms in total. The predicted octanol–water partition coefficient (Wildman–Crippen LogP) is 5.14. The number of hydrogen-bond acceptors (Lipinski definition) is 4. The fraction of sp³-hybridized carbons (Fsp3) is 0.107. The van der Waals surface area contributed by atoms with Crippen molar-refractivity contribution >= 4 is 35.3 Å². The van der Waals surface area contributed by atoms with Crippen molar-refractivity contribution in [1.29, 1.82) is 0 Å². The zero-order valence-electron chi connectivity index (χ0n) is 19.3. The number of amides is 2. The summed E-state index contributed by atoms with van der Waals surface area (Å²) in [5.74, 6) is -0.543. The lowest BCUT2D eigenvalue weighted by Crippen LogP contribution is -2.13. The molecule has 3 N–H and O–H groups in total. The highest BCUT2D eigenvalue weighted by atomic mass is 32.2. The van der Waals surface area contributed by atoms with Crippen molar-refractivity contribution in [3.8, 4) is 11.3 Å². The van der Waals surface area contributed by atoms with E-state index >= 15 is 0 Å². The van der Waals surface area contributed by atoms with E-state index in [9.17, 15) is 9.59 Å². The van der Waals surface area contributed by atoms with Gasteiger partial charge in [-0.05, 0) is 30.7 Å². The summed E-state index contributed by atoms with van der Waals surface area (Å²) in [4.78, 5) is 24.7. The van der Waals surface area contributed by atoms with Crippen LogP contribution in [0.3, 0.4) is 0 Å². The van der Waals surface area contributed by atoms with Crippen LogP contribution in [0.2, 0.25) is 0 Å². The van der Waals surface area contributed by atoms with E-state index < -0.39 is 5.91 Å². The number of carbonyl (C=O) groups excluding carboxylic acids is 2. The summed E-state index contributed by atoms with van der Waals surface area (Å²) in [5, 5.41) is 7.70. The maximum atomic E-state index is 12.7. The van der Waals surface area contributed by atoms with Gasteiger partial charge in [-0.15, -0.1) is 11.8 Å². The third-order valence-corrected chi connectivity index (χ3v) is 6.33. The van der Waals surface area contributed by atoms with E-state index in [0.717, 1.165) is 27.3 Å². The Labute approximate surface area is 208 Å². The first-order valence-corrected chi connectivity index (χ1v) is 12.1. The Morgan fingerprint density at radius 1 is 1.00 bits per heavy atom. The Balaban J connectivity index is 1.56. The average Bonchev–Trinajstić information content (AvgIpc) is 3.25. The molecule has 0 unspecified atom stereocenters. The second-order valence-corrected chi connectivity index (χ2v) is 9.07. The van der Waals surface area contributed by atoms with Gasteiger partial charge in [-0.3, -0.25) is 14.3 Å². The summed E-state index contributed by atoms with van der Waals surface area (Å²) in [7, 11) is 0. The summed E-state index contributed by atoms with van der Waals surface area (Å²) in [6.45, 7) is 2.67. The number of hydrogen-bond donors (Lipinski definition) is 2. The fourth-order valence-electron chi connectivity index (χ4n) is 3.53. The van der Waals surface area contributed by atoms with Crippen molar-refractivity contribution in [2.45, 2.75) is 18.4 Å². The van der Waals surface area contributed by atoms with Crippen LogP contribution in [0.1, 0.15) is 16.7 Å². The van der Waals surface area contributed by atoms with Crippen LogP contribution in [0.5, 0.6) is 0 Å². The second-order valence-electron chi connectivity index (χ2n) is 8.06. The van der Waals surface area contributed by atoms with E-state index in [1.165, 1.54) is 23.4 Å². The highest BCUT2D eigenvalue weighted by Gasteiger charge is 2.11. The van der Waals surface area contributed by atoms with Crippen LogP contribution < -0.4 is 11.1 Å². The van der Waals surface area contributed by atoms with Crippen molar-refractivity contribution in [2.24, 2.45) is 5.73 Å². The number of benzene rings is 3. The standard InChI is InChI=1S/C28H26N4O2S/c1-20-11-13-22(14-12-20)28-23(18-32(31-28)17-21-7-3-2-4-8-21)15-16-27(34)30-24-9-5-6-10-25(24)35-19-26(29)33/h2-16,18H,17,19H2,1H3,(H2,29,33)(H,30,34)/b16-15+. The summed E-state index contributed by atoms with van der Waals surface area (Å²) in [5.41, 5.74) is 10.8. The maximum Gasteiger partial charge on any atom is 0.248 e. The van der Waals surface area contributed by atoms with Crippen LogP contribution >= 0.6 is 11.8 Å². The van der Waals surface area contributed by atoms with Crippen LogP contribution in [0.25, 0.3) is 17.3 Å². The number of nitrogens with two attached hydrogens (primary N) is 1. The number of para-hydroxylation sites is 1. The number of aryl methyl sites for hydroxylation is 1. The Bertz CT molecular complexity index is 1350. The summed E-state index contributed by atoms with van der Waals surface area (Å²) in [6.07, 6.45) is 5.22. The van der Waals surface area contributed by atoms with E-state index in [2.05, 4.69) is 17.4 Å². The molecule has 7 heteroatoms. The lowest BCUT2D eigenvalue weighted by Gasteiger charge is -2.08. The molecule has 176 valence electrons. The third kappa shape index (κ3) is 6.71. The molecule has 1 heterocycles. The first-order valence-electron chi connectivity index (χ1n) is 11.2. The van der Waals surface area contributed by atoms with E-state index in [1.807, 2.05) is 78.5 Å². The Morgan fingerprint density at radius 2 is 1.71 bits per heavy atom. The van der Waals surface area contributed by atoms with E-state index in [1.54, 1.807) is 12.1 Å². The van der Waals surface area contributed by atoms with Gasteiger partial charge in [-0.1, -0.05) is 72.3 Å². The zero-order valence-corrected chi connectivity index (χ0v) is 20.2. The molecular formula is C28H26N4O2S. The van der Waals surface area contributed by atoms with Crippen molar-refractivity contribution in [2.75, 3.05) is 11.1 Å². The van der Waals surface area contributed by atoms with Gasteiger partial charge in [0.2, 0.25) is 11.8 Å². The molecule has 0 bridgehead atoms. The summed E-state index contributed by atoms with van der Waals surface area (Å²) in [6, 6.07) is 25.6. The van der Waals surface area contributed by atoms with E-state index in [0.29, 0.717) is 12.2 Å². The molecule has 4 rings (SSSR count). The molecule has 0 aliphatic heterocycles. The molecule has 0 spiro atoms. The topological polar surface area (TPSA) is 90.0 Å². The molecule has 0 atom stereocenters. The average molecular weight is 483 g/mol. The lowest BCUT2D eigenvalue weighted by molar-refractivity contribution is -0.115. The molecule has 0 aliphatic carbocycles. The molecule has 0 saturated heterocycles. The third-order valence-electron chi connectivity index (χ3n) is 5.23. The van der Waals surface area contributed by atoms with Gasteiger partial charge >= 0.3 is 0 Å². The summed E-state index contributed by atoms with van der Waals surface area (Å²) < 4.78 is 1.89. The van der Waals surface area contributed by atoms with Crippen LogP contribution in [0.15, 0.2) is 96.0 Å². The first kappa shape index (κ1) is 24.0. The van der Waals surface area contributed by atoms with Gasteiger partial charge in [0.05, 0.1) is 23.7 Å². The molecule has 0 fully saturated rings. The molecule has 3 aromatic carbocycles. The number of carbonyl (C=O) groups is 2. The minimum Gasteiger partial charge on any atom is -0.369 e. The van der Waals surface area contributed by atoms with Gasteiger partial charge in [-0.2, -0.15) is 5.10 Å². The zero-order chi connectivity index (χ0) is 24.6. The van der Waals surface area contributed by atoms with Crippen LogP contribution in [0.4, 0.5) is 5.69 Å². The SMILES string of the molecule is Cc1ccc(-c2nn(Cc3ccccc3)cc2/C=C/C(=O)Nc2ccccc2SCC(N)=O)cc1. The molecule has 0 saturated carbocycles. The largest absolute Gasteiger partial charge is 0.369 e. The number of thioether (sulfide) groups is 1. The minimum atomic E-state index is -0.410. The fourth-order valence-corrected chi connectivity index (χ4v) is 4.28. The van der Waals surface area contributed by atoms with E-state index in [-0.39, 0.29) is 11.7 Å². The maximum absolute atomic E-state index is 12.7. The van der Waals surface area contributed by atoms with Crippen LogP contribution in [-0.2, 0) is 16.1 Å². The van der Waals surface area contributed by atoms with Crippen molar-refractivity contribution < 1.29 is 9.59 Å². The molecular weight excluding hydrogens is 456 g/mol. The van der Waals surface area contributed by atoms with Crippen LogP contribution in [-0.4, -0.2) is 27.3 Å². The highest BCUT2D eigenvalue weighted by Crippen LogP contribution is 2.27. The Hall–Kier alpha value is -4.10. The van der Waals surface area contributed by atoms with Gasteiger partial charge in [0.15, 0.2) is 0 Å². The first-order chi connectivity index (χ1) is 17.0. The smallest absolute Gasteiger partial charge is 0.248 e. The number of nitrogens with zero attached hydrogens (tertiary/aromatic N) is 2. The summed E-state index contributed by atoms with van der Waals surface area (Å²) >= 11 is 1.29. The Morgan fingerprint density at radius 3 is 2.46 bits per heavy atom. The monoisotopic (exact) mass is 482 g/mol. The molecule has 4 aromatic rings. The normalized spacial score (nSPS) is 11.0. The van der Waals surface area contributed by atoms with Gasteiger partial charge in [0.1, 0.15) is 0 Å². The van der Waals surface area contributed by atoms with Crippen molar-refractivity contribution in [3.63, 3.8) is 0 Å². The van der Waals surface area contributed by atoms with Gasteiger partial charge < -0.3 is 11.1 Å². The van der Waals surface area contributed by atoms with Gasteiger partial charge in [-0.25, -0.2) is 0 Å². The van der Waals surface area contributed by atoms with E-state index in [4.69, 9.17) is 10.8 Å². The predicted molar refractivity (Wildman–Crippen MR) is 142 cm³/mol. The molecule has 1 aromatic heterocycles. The van der Waals surface area contributed by atoms with Crippen molar-refractivity contribution in [3.05, 3.63) is 108 Å². The number of aromatic nitrogens is 2. The molecule has 35 heavy (non-hydrogen) atoms. The molecule has 0 aliphatic rings. The van der Waals surface area contributed by atoms with Crippen molar-refractivity contribution in [1.82, 2.24) is 9.78 Å². The van der Waals surface area contributed by atoms with Gasteiger partial charge in [0.25, 0.3) is 0 Å². The number of primary amides is 1. The Kier molecular flexibility index (Phi) is 7.80. The second kappa shape index (κ2) is 11.4. The molecule has 0 radical (unpaired) electrons. The molecule has 2 amide bonds.